The van der Waals surface area contributed by atoms with E-state index in [-0.39, 0.29) is 9.79 Å². The van der Waals surface area contributed by atoms with Gasteiger partial charge in [-0.2, -0.15) is 0 Å². The van der Waals surface area contributed by atoms with E-state index < -0.39 is 15.4 Å². The average molecular weight is 443 g/mol. The van der Waals surface area contributed by atoms with Crippen LogP contribution in [0.5, 0.6) is 17.2 Å². The van der Waals surface area contributed by atoms with Crippen LogP contribution in [0.4, 0.5) is 0 Å². The molecule has 11 rings (SSSR count). The Morgan fingerprint density at radius 2 is 0.969 bits per heavy atom. The molecule has 0 atom stereocenters. The zero-order valence-electron chi connectivity index (χ0n) is 17.8. The highest BCUT2D eigenvalue weighted by Gasteiger charge is 2.24. The summed E-state index contributed by atoms with van der Waals surface area (Å²) in [5, 5.41) is 0. The maximum atomic E-state index is 13.0. The van der Waals surface area contributed by atoms with Crippen molar-refractivity contribution in [3.63, 3.8) is 0 Å². The Labute approximate surface area is 188 Å². The van der Waals surface area contributed by atoms with Crippen LogP contribution in [0.2, 0.25) is 0 Å². The van der Waals surface area contributed by atoms with E-state index >= 15 is 0 Å². The number of rotatable bonds is 0. The van der Waals surface area contributed by atoms with Gasteiger partial charge in [-0.25, -0.2) is 8.42 Å². The summed E-state index contributed by atoms with van der Waals surface area (Å²) in [4.78, 5) is 0.425. The van der Waals surface area contributed by atoms with Crippen LogP contribution in [-0.4, -0.2) is 8.42 Å². The number of ether oxygens (including phenoxy) is 2. The highest BCUT2D eigenvalue weighted by atomic mass is 32.2. The minimum atomic E-state index is -3.65. The van der Waals surface area contributed by atoms with Gasteiger partial charge in [-0.1, -0.05) is 36.4 Å². The van der Waals surface area contributed by atoms with Crippen LogP contribution >= 0.6 is 0 Å². The minimum absolute atomic E-state index is 0.211. The van der Waals surface area contributed by atoms with Gasteiger partial charge in [0, 0.05) is 0 Å². The van der Waals surface area contributed by atoms with Crippen LogP contribution in [0.3, 0.4) is 0 Å². The molecule has 7 heterocycles. The quantitative estimate of drug-likeness (QED) is 0.308. The normalized spacial score (nSPS) is 15.8. The van der Waals surface area contributed by atoms with Crippen molar-refractivity contribution in [1.29, 1.82) is 0 Å². The van der Waals surface area contributed by atoms with E-state index in [9.17, 15) is 8.42 Å². The molecule has 0 saturated carbocycles. The molecule has 0 saturated heterocycles. The van der Waals surface area contributed by atoms with E-state index in [1.807, 2.05) is 38.1 Å². The Bertz CT molecular complexity index is 1350. The Balaban J connectivity index is 1.62. The largest absolute Gasteiger partial charge is 0.483 e. The van der Waals surface area contributed by atoms with E-state index in [1.54, 1.807) is 48.5 Å². The third-order valence-electron chi connectivity index (χ3n) is 5.64. The second kappa shape index (κ2) is 7.53. The monoisotopic (exact) mass is 442 g/mol. The fraction of sp³-hybridized carbons (Fsp3) is 0.111. The van der Waals surface area contributed by atoms with Gasteiger partial charge < -0.3 is 9.47 Å². The van der Waals surface area contributed by atoms with Crippen molar-refractivity contribution in [2.45, 2.75) is 29.2 Å². The van der Waals surface area contributed by atoms with E-state index in [4.69, 9.17) is 9.47 Å². The Hall–Kier alpha value is -3.57. The van der Waals surface area contributed by atoms with Crippen molar-refractivity contribution in [3.8, 4) is 28.4 Å². The van der Waals surface area contributed by atoms with Gasteiger partial charge in [-0.05, 0) is 91.2 Å². The average Bonchev–Trinajstić information content (AvgIpc) is 2.80. The number of hydrogen-bond acceptors (Lipinski definition) is 4. The molecule has 7 aliphatic heterocycles. The molecule has 4 aromatic carbocycles. The van der Waals surface area contributed by atoms with Gasteiger partial charge in [0.2, 0.25) is 9.84 Å². The Morgan fingerprint density at radius 3 is 1.47 bits per heavy atom. The van der Waals surface area contributed by atoms with E-state index in [2.05, 4.69) is 24.3 Å². The van der Waals surface area contributed by atoms with Gasteiger partial charge in [-0.15, -0.1) is 0 Å². The van der Waals surface area contributed by atoms with Gasteiger partial charge in [0.1, 0.15) is 22.8 Å². The molecule has 4 nitrogen and oxygen atoms in total. The molecule has 0 amide bonds. The molecule has 7 aliphatic rings. The SMILES string of the molecule is CC1(C)Oc2ccc(cc2)S(=O)(=O)c2ccc(cc2)Oc2ccc(cc2)-c2ccc1cc2. The molecule has 4 aromatic rings. The molecule has 0 spiro atoms. The first kappa shape index (κ1) is 20.3. The lowest BCUT2D eigenvalue weighted by Gasteiger charge is -2.27. The molecular weight excluding hydrogens is 420 g/mol. The fourth-order valence-corrected chi connectivity index (χ4v) is 5.04. The lowest BCUT2D eigenvalue weighted by Crippen LogP contribution is -2.25. The summed E-state index contributed by atoms with van der Waals surface area (Å²) in [7, 11) is -3.65. The van der Waals surface area contributed by atoms with Crippen molar-refractivity contribution in [2.75, 3.05) is 0 Å². The van der Waals surface area contributed by atoms with E-state index in [0.29, 0.717) is 17.2 Å². The van der Waals surface area contributed by atoms with Crippen molar-refractivity contribution in [1.82, 2.24) is 0 Å². The first-order valence-electron chi connectivity index (χ1n) is 10.3. The van der Waals surface area contributed by atoms with E-state index in [1.165, 1.54) is 0 Å². The fourth-order valence-electron chi connectivity index (χ4n) is 3.78. The minimum Gasteiger partial charge on any atom is -0.483 e. The van der Waals surface area contributed by atoms with Crippen molar-refractivity contribution >= 4 is 9.84 Å². The standard InChI is InChI=1S/C27H22O4S/c1-27(2)21-7-3-19(4-8-21)20-5-9-22(10-6-20)30-23-11-15-25(16-12-23)32(28,29)26-17-13-24(31-27)14-18-26/h3-18H,1-2H3. The molecule has 0 radical (unpaired) electrons. The summed E-state index contributed by atoms with van der Waals surface area (Å²) < 4.78 is 38.2. The van der Waals surface area contributed by atoms with Crippen LogP contribution < -0.4 is 9.47 Å². The maximum Gasteiger partial charge on any atom is 0.206 e. The van der Waals surface area contributed by atoms with E-state index in [0.717, 1.165) is 16.7 Å². The van der Waals surface area contributed by atoms with Crippen LogP contribution in [-0.2, 0) is 15.4 Å². The molecule has 8 bridgehead atoms. The zero-order valence-corrected chi connectivity index (χ0v) is 18.6. The van der Waals surface area contributed by atoms with Gasteiger partial charge in [0.15, 0.2) is 0 Å². The smallest absolute Gasteiger partial charge is 0.206 e. The third-order valence-corrected chi connectivity index (χ3v) is 7.43. The van der Waals surface area contributed by atoms with Crippen molar-refractivity contribution in [3.05, 3.63) is 103 Å². The Kier molecular flexibility index (Phi) is 4.79. The first-order chi connectivity index (χ1) is 15.3. The number of sulfone groups is 1. The summed E-state index contributed by atoms with van der Waals surface area (Å²) in [6.45, 7) is 3.98. The topological polar surface area (TPSA) is 52.6 Å². The predicted octanol–water partition coefficient (Wildman–Crippen LogP) is 6.61. The maximum absolute atomic E-state index is 13.0. The molecule has 0 aliphatic carbocycles. The summed E-state index contributed by atoms with van der Waals surface area (Å²) in [5.41, 5.74) is 2.61. The van der Waals surface area contributed by atoms with Crippen molar-refractivity contribution < 1.29 is 17.9 Å². The summed E-state index contributed by atoms with van der Waals surface area (Å²) in [5.74, 6) is 1.86. The Morgan fingerprint density at radius 1 is 0.562 bits per heavy atom. The summed E-state index contributed by atoms with van der Waals surface area (Å²) >= 11 is 0. The predicted molar refractivity (Wildman–Crippen MR) is 124 cm³/mol. The molecule has 0 N–H and O–H groups in total. The summed E-state index contributed by atoms with van der Waals surface area (Å²) in [6, 6.07) is 29.1. The zero-order chi connectivity index (χ0) is 22.3. The summed E-state index contributed by atoms with van der Waals surface area (Å²) in [6.07, 6.45) is 0. The molecule has 32 heavy (non-hydrogen) atoms. The second-order valence-electron chi connectivity index (χ2n) is 8.26. The molecule has 0 fully saturated rings. The van der Waals surface area contributed by atoms with Gasteiger partial charge >= 0.3 is 0 Å². The van der Waals surface area contributed by atoms with Gasteiger partial charge in [0.05, 0.1) is 9.79 Å². The van der Waals surface area contributed by atoms with Crippen LogP contribution in [0.25, 0.3) is 11.1 Å². The number of hydrogen-bond donors (Lipinski definition) is 0. The highest BCUT2D eigenvalue weighted by Crippen LogP contribution is 2.33. The second-order valence-corrected chi connectivity index (χ2v) is 10.2. The van der Waals surface area contributed by atoms with Crippen molar-refractivity contribution in [2.24, 2.45) is 0 Å². The lowest BCUT2D eigenvalue weighted by atomic mass is 9.95. The molecule has 5 heteroatoms. The molecule has 0 unspecified atom stereocenters. The first-order valence-corrected chi connectivity index (χ1v) is 11.8. The molecule has 160 valence electrons. The van der Waals surface area contributed by atoms with Crippen LogP contribution in [0, 0.1) is 0 Å². The molecule has 0 aromatic heterocycles. The van der Waals surface area contributed by atoms with Gasteiger partial charge in [-0.3, -0.25) is 0 Å². The highest BCUT2D eigenvalue weighted by molar-refractivity contribution is 7.91. The lowest BCUT2D eigenvalue weighted by molar-refractivity contribution is 0.109. The van der Waals surface area contributed by atoms with Crippen LogP contribution in [0.1, 0.15) is 19.4 Å². The number of benzene rings is 4. The third kappa shape index (κ3) is 3.76. The van der Waals surface area contributed by atoms with Gasteiger partial charge in [0.25, 0.3) is 0 Å². The van der Waals surface area contributed by atoms with Crippen LogP contribution in [0.15, 0.2) is 107 Å². The molecular formula is C27H22O4S.